The van der Waals surface area contributed by atoms with Crippen molar-refractivity contribution in [2.75, 3.05) is 40.3 Å². The van der Waals surface area contributed by atoms with Crippen LogP contribution in [0.2, 0.25) is 0 Å². The lowest BCUT2D eigenvalue weighted by atomic mass is 9.98. The predicted molar refractivity (Wildman–Crippen MR) is 112 cm³/mol. The summed E-state index contributed by atoms with van der Waals surface area (Å²) in [6.07, 6.45) is 5.32. The smallest absolute Gasteiger partial charge is 0.407 e. The molecule has 1 amide bonds. The van der Waals surface area contributed by atoms with E-state index in [-0.39, 0.29) is 12.1 Å². The summed E-state index contributed by atoms with van der Waals surface area (Å²) in [5, 5.41) is 9.80. The summed E-state index contributed by atoms with van der Waals surface area (Å²) in [7, 11) is 3.98. The number of likely N-dealkylation sites (tertiary alicyclic amines) is 1. The van der Waals surface area contributed by atoms with Gasteiger partial charge in [-0.15, -0.1) is 0 Å². The Morgan fingerprint density at radius 2 is 2.07 bits per heavy atom. The number of ether oxygens (including phenoxy) is 1. The summed E-state index contributed by atoms with van der Waals surface area (Å²) < 4.78 is 5.33. The second-order valence-electron chi connectivity index (χ2n) is 8.59. The zero-order valence-corrected chi connectivity index (χ0v) is 18.2. The van der Waals surface area contributed by atoms with Crippen LogP contribution in [-0.2, 0) is 4.74 Å². The van der Waals surface area contributed by atoms with Crippen molar-refractivity contribution in [1.82, 2.24) is 20.9 Å². The summed E-state index contributed by atoms with van der Waals surface area (Å²) in [4.78, 5) is 18.7. The van der Waals surface area contributed by atoms with E-state index in [0.717, 1.165) is 38.3 Å². The highest BCUT2D eigenvalue weighted by molar-refractivity contribution is 5.80. The van der Waals surface area contributed by atoms with E-state index in [1.54, 1.807) is 7.05 Å². The van der Waals surface area contributed by atoms with Crippen LogP contribution in [0.1, 0.15) is 59.8 Å². The molecule has 0 aromatic rings. The fourth-order valence-electron chi connectivity index (χ4n) is 3.27. The Bertz CT molecular complexity index is 462. The Balaban J connectivity index is 2.47. The molecule has 3 N–H and O–H groups in total. The number of carbonyl (C=O) groups excluding carboxylic acids is 1. The minimum absolute atomic E-state index is 0.123. The first-order valence-corrected chi connectivity index (χ1v) is 10.4. The largest absolute Gasteiger partial charge is 0.444 e. The average Bonchev–Trinajstić information content (AvgIpc) is 2.59. The second-order valence-corrected chi connectivity index (χ2v) is 8.59. The molecule has 0 radical (unpaired) electrons. The van der Waals surface area contributed by atoms with Crippen LogP contribution in [0.4, 0.5) is 4.79 Å². The molecule has 0 spiro atoms. The highest BCUT2D eigenvalue weighted by atomic mass is 16.6. The van der Waals surface area contributed by atoms with E-state index >= 15 is 0 Å². The Morgan fingerprint density at radius 3 is 2.67 bits per heavy atom. The van der Waals surface area contributed by atoms with Crippen molar-refractivity contribution in [1.29, 1.82) is 0 Å². The highest BCUT2D eigenvalue weighted by Crippen LogP contribution is 2.13. The van der Waals surface area contributed by atoms with Gasteiger partial charge in [0.1, 0.15) is 5.60 Å². The number of aliphatic imine (C=N–C) groups is 1. The molecule has 7 nitrogen and oxygen atoms in total. The number of hydrogen-bond acceptors (Lipinski definition) is 4. The number of carbonyl (C=O) groups is 1. The van der Waals surface area contributed by atoms with Gasteiger partial charge >= 0.3 is 6.09 Å². The number of nitrogens with zero attached hydrogens (tertiary/aromatic N) is 2. The predicted octanol–water partition coefficient (Wildman–Crippen LogP) is 2.58. The van der Waals surface area contributed by atoms with Crippen LogP contribution in [0.25, 0.3) is 0 Å². The van der Waals surface area contributed by atoms with Crippen molar-refractivity contribution in [3.8, 4) is 0 Å². The Hall–Kier alpha value is -1.50. The molecule has 158 valence electrons. The van der Waals surface area contributed by atoms with Gasteiger partial charge in [-0.25, -0.2) is 4.79 Å². The first-order valence-electron chi connectivity index (χ1n) is 10.4. The lowest BCUT2D eigenvalue weighted by Gasteiger charge is -2.30. The van der Waals surface area contributed by atoms with Gasteiger partial charge in [-0.3, -0.25) is 4.99 Å². The van der Waals surface area contributed by atoms with Gasteiger partial charge in [-0.2, -0.15) is 0 Å². The molecule has 0 aromatic carbocycles. The standard InChI is InChI=1S/C20H41N5O2/c1-7-8-11-17(14-23-19(26)27-20(2,3)4)24-18(21-5)22-13-16-10-9-12-25(6)15-16/h16-17H,7-15H2,1-6H3,(H,23,26)(H2,21,22,24). The molecular weight excluding hydrogens is 342 g/mol. The monoisotopic (exact) mass is 383 g/mol. The number of alkyl carbamates (subject to hydrolysis) is 1. The van der Waals surface area contributed by atoms with Crippen LogP contribution in [0.5, 0.6) is 0 Å². The van der Waals surface area contributed by atoms with Gasteiger partial charge in [0, 0.05) is 32.7 Å². The summed E-state index contributed by atoms with van der Waals surface area (Å²) in [6, 6.07) is 0.123. The third kappa shape index (κ3) is 11.1. The normalized spacial score (nSPS) is 20.1. The third-order valence-corrected chi connectivity index (χ3v) is 4.64. The van der Waals surface area contributed by atoms with E-state index in [1.807, 2.05) is 20.8 Å². The molecule has 1 heterocycles. The molecule has 1 rings (SSSR count). The van der Waals surface area contributed by atoms with Gasteiger partial charge < -0.3 is 25.6 Å². The molecule has 0 bridgehead atoms. The number of nitrogens with one attached hydrogen (secondary N) is 3. The van der Waals surface area contributed by atoms with Crippen molar-refractivity contribution < 1.29 is 9.53 Å². The topological polar surface area (TPSA) is 78.0 Å². The number of piperidine rings is 1. The van der Waals surface area contributed by atoms with Crippen molar-refractivity contribution in [3.63, 3.8) is 0 Å². The lowest BCUT2D eigenvalue weighted by molar-refractivity contribution is 0.0523. The van der Waals surface area contributed by atoms with Gasteiger partial charge in [-0.1, -0.05) is 19.8 Å². The van der Waals surface area contributed by atoms with E-state index in [9.17, 15) is 4.79 Å². The minimum Gasteiger partial charge on any atom is -0.444 e. The molecule has 1 saturated heterocycles. The van der Waals surface area contributed by atoms with Gasteiger partial charge in [0.05, 0.1) is 0 Å². The number of hydrogen-bond donors (Lipinski definition) is 3. The Labute approximate surface area is 165 Å². The van der Waals surface area contributed by atoms with E-state index in [4.69, 9.17) is 4.74 Å². The van der Waals surface area contributed by atoms with Crippen molar-refractivity contribution in [2.24, 2.45) is 10.9 Å². The van der Waals surface area contributed by atoms with E-state index in [2.05, 4.69) is 39.8 Å². The van der Waals surface area contributed by atoms with Gasteiger partial charge in [0.2, 0.25) is 0 Å². The SMILES string of the molecule is CCCCC(CNC(=O)OC(C)(C)C)NC(=NC)NCC1CCCN(C)C1. The van der Waals surface area contributed by atoms with E-state index in [1.165, 1.54) is 19.4 Å². The highest BCUT2D eigenvalue weighted by Gasteiger charge is 2.19. The third-order valence-electron chi connectivity index (χ3n) is 4.64. The molecule has 2 atom stereocenters. The second kappa shape index (κ2) is 12.1. The van der Waals surface area contributed by atoms with Gasteiger partial charge in [0.15, 0.2) is 5.96 Å². The maximum absolute atomic E-state index is 11.9. The molecule has 0 aliphatic carbocycles. The number of unbranched alkanes of at least 4 members (excludes halogenated alkanes) is 1. The van der Waals surface area contributed by atoms with Crippen molar-refractivity contribution >= 4 is 12.1 Å². The minimum atomic E-state index is -0.485. The van der Waals surface area contributed by atoms with Crippen LogP contribution in [0.3, 0.4) is 0 Å². The number of guanidine groups is 1. The first-order chi connectivity index (χ1) is 12.7. The summed E-state index contributed by atoms with van der Waals surface area (Å²) in [5.74, 6) is 1.45. The fraction of sp³-hybridized carbons (Fsp3) is 0.900. The summed E-state index contributed by atoms with van der Waals surface area (Å²) >= 11 is 0. The zero-order chi connectivity index (χ0) is 20.3. The lowest BCUT2D eigenvalue weighted by Crippen LogP contribution is -2.50. The summed E-state index contributed by atoms with van der Waals surface area (Å²) in [5.41, 5.74) is -0.485. The molecule has 27 heavy (non-hydrogen) atoms. The molecule has 7 heteroatoms. The average molecular weight is 384 g/mol. The van der Waals surface area contributed by atoms with Crippen LogP contribution in [0, 0.1) is 5.92 Å². The van der Waals surface area contributed by atoms with E-state index in [0.29, 0.717) is 12.5 Å². The molecule has 1 aliphatic rings. The number of amides is 1. The number of rotatable bonds is 8. The maximum Gasteiger partial charge on any atom is 0.407 e. The molecule has 1 fully saturated rings. The van der Waals surface area contributed by atoms with Crippen LogP contribution in [0.15, 0.2) is 4.99 Å². The molecule has 0 saturated carbocycles. The molecule has 1 aliphatic heterocycles. The summed E-state index contributed by atoms with van der Waals surface area (Å²) in [6.45, 7) is 11.5. The Morgan fingerprint density at radius 1 is 1.33 bits per heavy atom. The van der Waals surface area contributed by atoms with Crippen molar-refractivity contribution in [3.05, 3.63) is 0 Å². The maximum atomic E-state index is 11.9. The van der Waals surface area contributed by atoms with Gasteiger partial charge in [0.25, 0.3) is 0 Å². The van der Waals surface area contributed by atoms with Crippen LogP contribution < -0.4 is 16.0 Å². The molecule has 2 unspecified atom stereocenters. The molecular formula is C20H41N5O2. The van der Waals surface area contributed by atoms with Crippen LogP contribution >= 0.6 is 0 Å². The van der Waals surface area contributed by atoms with Gasteiger partial charge in [-0.05, 0) is 59.5 Å². The fourth-order valence-corrected chi connectivity index (χ4v) is 3.27. The quantitative estimate of drug-likeness (QED) is 0.444. The first kappa shape index (κ1) is 23.5. The van der Waals surface area contributed by atoms with Crippen molar-refractivity contribution in [2.45, 2.75) is 71.4 Å². The van der Waals surface area contributed by atoms with E-state index < -0.39 is 5.60 Å². The van der Waals surface area contributed by atoms with Crippen LogP contribution in [-0.4, -0.2) is 68.9 Å². The zero-order valence-electron chi connectivity index (χ0n) is 18.2. The Kier molecular flexibility index (Phi) is 10.5. The molecule has 0 aromatic heterocycles.